The maximum atomic E-state index is 13.1. The first-order chi connectivity index (χ1) is 13.7. The van der Waals surface area contributed by atoms with Crippen molar-refractivity contribution in [1.29, 1.82) is 0 Å². The molecule has 2 aliphatic heterocycles. The zero-order valence-corrected chi connectivity index (χ0v) is 15.9. The predicted octanol–water partition coefficient (Wildman–Crippen LogP) is 2.83. The van der Waals surface area contributed by atoms with Crippen LogP contribution in [0.3, 0.4) is 0 Å². The summed E-state index contributed by atoms with van der Waals surface area (Å²) in [5.74, 6) is -0.447. The Morgan fingerprint density at radius 1 is 1.17 bits per heavy atom. The number of hydrogen-bond acceptors (Lipinski definition) is 5. The topological polar surface area (TPSA) is 79.3 Å². The molecule has 0 saturated carbocycles. The van der Waals surface area contributed by atoms with E-state index in [1.54, 1.807) is 6.07 Å². The van der Waals surface area contributed by atoms with Crippen LogP contribution in [0.5, 0.6) is 0 Å². The number of carbonyl (C=O) groups is 2. The van der Waals surface area contributed by atoms with Crippen LogP contribution in [0.2, 0.25) is 0 Å². The maximum absolute atomic E-state index is 13.1. The quantitative estimate of drug-likeness (QED) is 0.750. The molecule has 2 aliphatic rings. The van der Waals surface area contributed by atoms with Gasteiger partial charge in [-0.1, -0.05) is 18.2 Å². The van der Waals surface area contributed by atoms with Gasteiger partial charge in [0.05, 0.1) is 25.3 Å². The lowest BCUT2D eigenvalue weighted by Gasteiger charge is -2.39. The number of benzene rings is 1. The Hall–Kier alpha value is -2.49. The van der Waals surface area contributed by atoms with Crippen molar-refractivity contribution < 1.29 is 37.3 Å². The van der Waals surface area contributed by atoms with Crippen LogP contribution < -0.4 is 0 Å². The number of piperidine rings is 1. The number of ether oxygens (including phenoxy) is 2. The van der Waals surface area contributed by atoms with Crippen molar-refractivity contribution in [1.82, 2.24) is 9.80 Å². The van der Waals surface area contributed by atoms with Crippen LogP contribution in [0.25, 0.3) is 0 Å². The molecule has 0 bridgehead atoms. The predicted molar refractivity (Wildman–Crippen MR) is 95.2 cm³/mol. The van der Waals surface area contributed by atoms with Crippen LogP contribution in [0, 0.1) is 0 Å². The van der Waals surface area contributed by atoms with Crippen LogP contribution in [-0.2, 0) is 15.7 Å². The summed E-state index contributed by atoms with van der Waals surface area (Å²) < 4.78 is 49.0. The summed E-state index contributed by atoms with van der Waals surface area (Å²) in [6, 6.07) is 4.61. The second kappa shape index (κ2) is 8.48. The first kappa shape index (κ1) is 21.2. The number of methoxy groups -OCH3 is 1. The van der Waals surface area contributed by atoms with Gasteiger partial charge < -0.3 is 24.4 Å². The summed E-state index contributed by atoms with van der Waals surface area (Å²) in [5.41, 5.74) is -0.358. The van der Waals surface area contributed by atoms with E-state index in [-0.39, 0.29) is 32.1 Å². The fourth-order valence-electron chi connectivity index (χ4n) is 3.80. The van der Waals surface area contributed by atoms with E-state index in [0.29, 0.717) is 18.5 Å². The molecule has 10 heteroatoms. The van der Waals surface area contributed by atoms with Crippen LogP contribution in [0.1, 0.15) is 29.9 Å². The monoisotopic (exact) mass is 416 g/mol. The van der Waals surface area contributed by atoms with Crippen molar-refractivity contribution in [3.8, 4) is 0 Å². The lowest BCUT2D eigenvalue weighted by Crippen LogP contribution is -2.51. The van der Waals surface area contributed by atoms with Gasteiger partial charge in [0.25, 0.3) is 0 Å². The van der Waals surface area contributed by atoms with Crippen molar-refractivity contribution in [2.45, 2.75) is 37.1 Å². The van der Waals surface area contributed by atoms with E-state index in [2.05, 4.69) is 4.74 Å². The summed E-state index contributed by atoms with van der Waals surface area (Å²) in [4.78, 5) is 27.3. The normalized spacial score (nSPS) is 25.1. The Bertz CT molecular complexity index is 758. The van der Waals surface area contributed by atoms with Gasteiger partial charge in [0.15, 0.2) is 0 Å². The summed E-state index contributed by atoms with van der Waals surface area (Å²) in [6.07, 6.45) is -5.96. The van der Waals surface area contributed by atoms with E-state index in [4.69, 9.17) is 4.74 Å². The number of carbonyl (C=O) groups excluding carboxylic acids is 2. The molecule has 3 rings (SSSR count). The smallest absolute Gasteiger partial charge is 0.438 e. The number of hydrogen-bond donors (Lipinski definition) is 1. The van der Waals surface area contributed by atoms with Crippen LogP contribution in [0.15, 0.2) is 24.3 Å². The molecule has 3 atom stereocenters. The van der Waals surface area contributed by atoms with Gasteiger partial charge in [0.2, 0.25) is 0 Å². The number of amides is 2. The SMILES string of the molecule is COC(=O)OC1CC(c2cccc(C(F)(F)F)c2)CN(C(=O)N2CCC(O)C2)C1. The van der Waals surface area contributed by atoms with E-state index in [1.807, 2.05) is 0 Å². The van der Waals surface area contributed by atoms with Gasteiger partial charge in [0, 0.05) is 25.6 Å². The maximum Gasteiger partial charge on any atom is 0.508 e. The van der Waals surface area contributed by atoms with Gasteiger partial charge in [-0.15, -0.1) is 0 Å². The minimum atomic E-state index is -4.48. The molecule has 1 N–H and O–H groups in total. The number of aliphatic hydroxyl groups excluding tert-OH is 1. The highest BCUT2D eigenvalue weighted by molar-refractivity contribution is 5.75. The number of alkyl halides is 3. The van der Waals surface area contributed by atoms with E-state index in [9.17, 15) is 27.9 Å². The average molecular weight is 416 g/mol. The first-order valence-electron chi connectivity index (χ1n) is 9.31. The summed E-state index contributed by atoms with van der Waals surface area (Å²) >= 11 is 0. The molecule has 3 unspecified atom stereocenters. The number of aliphatic hydroxyl groups is 1. The van der Waals surface area contributed by atoms with Gasteiger partial charge in [-0.05, 0) is 24.5 Å². The van der Waals surface area contributed by atoms with Gasteiger partial charge in [-0.2, -0.15) is 13.2 Å². The molecular weight excluding hydrogens is 393 g/mol. The largest absolute Gasteiger partial charge is 0.508 e. The molecule has 2 saturated heterocycles. The Morgan fingerprint density at radius 3 is 2.55 bits per heavy atom. The van der Waals surface area contributed by atoms with E-state index < -0.39 is 36.0 Å². The minimum absolute atomic E-state index is 0.107. The van der Waals surface area contributed by atoms with Crippen molar-refractivity contribution in [3.05, 3.63) is 35.4 Å². The Balaban J connectivity index is 1.82. The number of rotatable bonds is 2. The van der Waals surface area contributed by atoms with Gasteiger partial charge >= 0.3 is 18.4 Å². The third kappa shape index (κ3) is 5.11. The van der Waals surface area contributed by atoms with Gasteiger partial charge in [-0.3, -0.25) is 0 Å². The Labute approximate surface area is 166 Å². The molecule has 29 heavy (non-hydrogen) atoms. The van der Waals surface area contributed by atoms with Crippen molar-refractivity contribution in [2.24, 2.45) is 0 Å². The van der Waals surface area contributed by atoms with E-state index >= 15 is 0 Å². The zero-order chi connectivity index (χ0) is 21.2. The second-order valence-electron chi connectivity index (χ2n) is 7.33. The number of nitrogens with zero attached hydrogens (tertiary/aromatic N) is 2. The van der Waals surface area contributed by atoms with Crippen molar-refractivity contribution in [3.63, 3.8) is 0 Å². The van der Waals surface area contributed by atoms with Crippen LogP contribution in [-0.4, -0.2) is 72.6 Å². The molecule has 2 fully saturated rings. The molecule has 2 amide bonds. The summed E-state index contributed by atoms with van der Waals surface area (Å²) in [6.45, 7) is 0.892. The fourth-order valence-corrected chi connectivity index (χ4v) is 3.80. The highest BCUT2D eigenvalue weighted by Crippen LogP contribution is 2.34. The zero-order valence-electron chi connectivity index (χ0n) is 15.9. The standard InChI is InChI=1S/C19H23F3N2O5/c1-28-18(27)29-16-8-13(12-3-2-4-14(7-12)19(20,21)22)9-24(11-16)17(26)23-6-5-15(25)10-23/h2-4,7,13,15-16,25H,5-6,8-11H2,1H3. The first-order valence-corrected chi connectivity index (χ1v) is 9.31. The van der Waals surface area contributed by atoms with Crippen molar-refractivity contribution >= 4 is 12.2 Å². The molecule has 1 aromatic rings. The number of likely N-dealkylation sites (tertiary alicyclic amines) is 2. The molecule has 160 valence electrons. The second-order valence-corrected chi connectivity index (χ2v) is 7.33. The average Bonchev–Trinajstić information content (AvgIpc) is 3.12. The van der Waals surface area contributed by atoms with Crippen LogP contribution >= 0.6 is 0 Å². The third-order valence-corrected chi connectivity index (χ3v) is 5.23. The fraction of sp³-hybridized carbons (Fsp3) is 0.579. The molecule has 7 nitrogen and oxygen atoms in total. The van der Waals surface area contributed by atoms with Crippen LogP contribution in [0.4, 0.5) is 22.8 Å². The molecular formula is C19H23F3N2O5. The Morgan fingerprint density at radius 2 is 1.93 bits per heavy atom. The number of β-amino-alcohol motifs (C(OH)–C–C–N with tert-alkyl or cyclic N) is 1. The molecule has 1 aromatic carbocycles. The molecule has 0 radical (unpaired) electrons. The number of urea groups is 1. The molecule has 0 spiro atoms. The highest BCUT2D eigenvalue weighted by Gasteiger charge is 2.37. The Kier molecular flexibility index (Phi) is 6.21. The lowest BCUT2D eigenvalue weighted by molar-refractivity contribution is -0.137. The minimum Gasteiger partial charge on any atom is -0.438 e. The number of halogens is 3. The summed E-state index contributed by atoms with van der Waals surface area (Å²) in [5, 5.41) is 9.68. The van der Waals surface area contributed by atoms with Gasteiger partial charge in [-0.25, -0.2) is 9.59 Å². The van der Waals surface area contributed by atoms with Gasteiger partial charge in [0.1, 0.15) is 6.10 Å². The third-order valence-electron chi connectivity index (χ3n) is 5.23. The molecule has 0 aromatic heterocycles. The summed E-state index contributed by atoms with van der Waals surface area (Å²) in [7, 11) is 1.16. The molecule has 2 heterocycles. The highest BCUT2D eigenvalue weighted by atomic mass is 19.4. The lowest BCUT2D eigenvalue weighted by atomic mass is 9.88. The molecule has 0 aliphatic carbocycles. The van der Waals surface area contributed by atoms with E-state index in [1.165, 1.54) is 15.9 Å². The van der Waals surface area contributed by atoms with E-state index in [0.717, 1.165) is 19.2 Å². The van der Waals surface area contributed by atoms with Crippen molar-refractivity contribution in [2.75, 3.05) is 33.3 Å².